The largest absolute Gasteiger partial charge is 0.481 e. The van der Waals surface area contributed by atoms with Gasteiger partial charge in [-0.15, -0.1) is 0 Å². The van der Waals surface area contributed by atoms with Crippen molar-refractivity contribution in [3.63, 3.8) is 0 Å². The Morgan fingerprint density at radius 1 is 0.970 bits per heavy atom. The summed E-state index contributed by atoms with van der Waals surface area (Å²) in [5, 5.41) is 33.8. The first-order chi connectivity index (χ1) is 15.7. The fourth-order valence-electron chi connectivity index (χ4n) is 3.88. The minimum Gasteiger partial charge on any atom is -0.481 e. The minimum absolute atomic E-state index is 0.0376. The summed E-state index contributed by atoms with van der Waals surface area (Å²) in [6.07, 6.45) is -1.85. The molecule has 0 bridgehead atoms. The van der Waals surface area contributed by atoms with E-state index in [2.05, 4.69) is 0 Å². The monoisotopic (exact) mass is 458 g/mol. The van der Waals surface area contributed by atoms with Crippen LogP contribution in [0.15, 0.2) is 48.5 Å². The van der Waals surface area contributed by atoms with Crippen LogP contribution in [0.4, 0.5) is 8.78 Å². The molecule has 0 amide bonds. The van der Waals surface area contributed by atoms with Gasteiger partial charge in [-0.05, 0) is 73.7 Å². The molecule has 2 unspecified atom stereocenters. The lowest BCUT2D eigenvalue weighted by molar-refractivity contribution is -0.139. The Kier molecular flexibility index (Phi) is 7.94. The summed E-state index contributed by atoms with van der Waals surface area (Å²) < 4.78 is 28.8. The molecular weight excluding hydrogens is 430 g/mol. The molecule has 176 valence electrons. The maximum absolute atomic E-state index is 13.6. The first kappa shape index (κ1) is 24.5. The number of halogens is 2. The topological polar surface area (TPSA) is 95.6 Å². The van der Waals surface area contributed by atoms with Crippen molar-refractivity contribution in [3.05, 3.63) is 71.4 Å². The normalized spacial score (nSPS) is 13.3. The summed E-state index contributed by atoms with van der Waals surface area (Å²) in [5.41, 5.74) is 3.71. The number of aliphatic hydroxyl groups excluding tert-OH is 2. The van der Waals surface area contributed by atoms with Crippen molar-refractivity contribution in [3.8, 4) is 16.9 Å². The summed E-state index contributed by atoms with van der Waals surface area (Å²) in [6.45, 7) is 3.98. The van der Waals surface area contributed by atoms with Crippen LogP contribution in [0.5, 0.6) is 0 Å². The highest BCUT2D eigenvalue weighted by Crippen LogP contribution is 2.34. The fourth-order valence-corrected chi connectivity index (χ4v) is 3.88. The summed E-state index contributed by atoms with van der Waals surface area (Å²) in [5.74, 6) is -1.84. The predicted octanol–water partition coefficient (Wildman–Crippen LogP) is 4.46. The van der Waals surface area contributed by atoms with Crippen molar-refractivity contribution < 1.29 is 28.9 Å². The molecule has 3 aromatic rings. The summed E-state index contributed by atoms with van der Waals surface area (Å²) in [7, 11) is 0. The van der Waals surface area contributed by atoms with Crippen molar-refractivity contribution in [1.29, 1.82) is 0 Å². The molecule has 2 atom stereocenters. The van der Waals surface area contributed by atoms with Crippen LogP contribution in [0.3, 0.4) is 0 Å². The molecular formula is C25H28F2N2O4. The number of benzene rings is 2. The number of aromatic nitrogens is 2. The second-order valence-electron chi connectivity index (χ2n) is 8.44. The van der Waals surface area contributed by atoms with Crippen LogP contribution in [0.1, 0.15) is 50.3 Å². The van der Waals surface area contributed by atoms with E-state index in [1.165, 1.54) is 24.3 Å². The Labute approximate surface area is 191 Å². The lowest BCUT2D eigenvalue weighted by atomic mass is 9.94. The van der Waals surface area contributed by atoms with Gasteiger partial charge >= 0.3 is 5.97 Å². The molecule has 3 N–H and O–H groups in total. The van der Waals surface area contributed by atoms with Crippen molar-refractivity contribution in [1.82, 2.24) is 9.78 Å². The fraction of sp³-hybridized carbons (Fsp3) is 0.360. The van der Waals surface area contributed by atoms with Gasteiger partial charge in [-0.2, -0.15) is 5.10 Å². The number of hydrogen-bond donors (Lipinski definition) is 3. The molecule has 0 fully saturated rings. The van der Waals surface area contributed by atoms with E-state index in [4.69, 9.17) is 10.2 Å². The summed E-state index contributed by atoms with van der Waals surface area (Å²) in [6, 6.07) is 11.9. The second kappa shape index (κ2) is 10.7. The molecule has 8 heteroatoms. The number of carboxylic acids is 1. The first-order valence-electron chi connectivity index (χ1n) is 10.9. The molecule has 0 saturated heterocycles. The van der Waals surface area contributed by atoms with Crippen LogP contribution in [0.2, 0.25) is 0 Å². The average molecular weight is 459 g/mol. The molecule has 0 spiro atoms. The molecule has 33 heavy (non-hydrogen) atoms. The van der Waals surface area contributed by atoms with Gasteiger partial charge in [0.2, 0.25) is 0 Å². The van der Waals surface area contributed by atoms with E-state index < -0.39 is 24.6 Å². The van der Waals surface area contributed by atoms with Crippen molar-refractivity contribution in [2.75, 3.05) is 0 Å². The van der Waals surface area contributed by atoms with Crippen LogP contribution >= 0.6 is 0 Å². The third-order valence-electron chi connectivity index (χ3n) is 5.43. The lowest BCUT2D eigenvalue weighted by Gasteiger charge is -2.16. The van der Waals surface area contributed by atoms with Crippen molar-refractivity contribution >= 4 is 5.97 Å². The van der Waals surface area contributed by atoms with Gasteiger partial charge in [-0.3, -0.25) is 4.79 Å². The van der Waals surface area contributed by atoms with E-state index >= 15 is 0 Å². The Hall–Kier alpha value is -3.10. The number of carbonyl (C=O) groups is 1. The number of rotatable bonds is 10. The first-order valence-corrected chi connectivity index (χ1v) is 10.9. The lowest BCUT2D eigenvalue weighted by Crippen LogP contribution is -2.21. The highest BCUT2D eigenvalue weighted by atomic mass is 19.1. The van der Waals surface area contributed by atoms with Gasteiger partial charge in [0, 0.05) is 11.1 Å². The van der Waals surface area contributed by atoms with Gasteiger partial charge in [0.15, 0.2) is 0 Å². The zero-order chi connectivity index (χ0) is 24.1. The summed E-state index contributed by atoms with van der Waals surface area (Å²) in [4.78, 5) is 10.8. The maximum atomic E-state index is 13.6. The van der Waals surface area contributed by atoms with Crippen LogP contribution in [-0.4, -0.2) is 43.3 Å². The van der Waals surface area contributed by atoms with Gasteiger partial charge in [-0.1, -0.05) is 13.8 Å². The van der Waals surface area contributed by atoms with E-state index in [0.717, 1.165) is 16.8 Å². The molecule has 0 aliphatic rings. The molecule has 0 radical (unpaired) electrons. The second-order valence-corrected chi connectivity index (χ2v) is 8.44. The molecule has 2 aromatic carbocycles. The smallest absolute Gasteiger partial charge is 0.305 e. The molecule has 3 rings (SSSR count). The molecule has 1 aromatic heterocycles. The Morgan fingerprint density at radius 3 is 2.09 bits per heavy atom. The SMILES string of the molecule is CC(C)c1nn(-c2ccc(F)cc2)c(-c2ccc(F)cc2)c1CCC(O)CC(O)CC(=O)O. The quantitative estimate of drug-likeness (QED) is 0.417. The van der Waals surface area contributed by atoms with Crippen LogP contribution in [0, 0.1) is 11.6 Å². The molecule has 0 saturated carbocycles. The van der Waals surface area contributed by atoms with Crippen molar-refractivity contribution in [2.45, 2.75) is 57.7 Å². The third-order valence-corrected chi connectivity index (χ3v) is 5.43. The van der Waals surface area contributed by atoms with Crippen molar-refractivity contribution in [2.24, 2.45) is 0 Å². The number of aliphatic hydroxyl groups is 2. The van der Waals surface area contributed by atoms with Gasteiger partial charge in [0.25, 0.3) is 0 Å². The van der Waals surface area contributed by atoms with Gasteiger partial charge in [0.05, 0.1) is 35.7 Å². The molecule has 1 heterocycles. The van der Waals surface area contributed by atoms with Crippen LogP contribution in [0.25, 0.3) is 16.9 Å². The average Bonchev–Trinajstić information content (AvgIpc) is 3.12. The highest BCUT2D eigenvalue weighted by Gasteiger charge is 2.24. The molecule has 0 aliphatic heterocycles. The van der Waals surface area contributed by atoms with E-state index in [-0.39, 0.29) is 30.4 Å². The number of hydrogen-bond acceptors (Lipinski definition) is 4. The molecule has 0 aliphatic carbocycles. The Morgan fingerprint density at radius 2 is 1.55 bits per heavy atom. The van der Waals surface area contributed by atoms with Crippen LogP contribution < -0.4 is 0 Å². The van der Waals surface area contributed by atoms with E-state index in [1.54, 1.807) is 28.9 Å². The van der Waals surface area contributed by atoms with Gasteiger partial charge in [-0.25, -0.2) is 13.5 Å². The third kappa shape index (κ3) is 6.24. The Balaban J connectivity index is 2.01. The Bertz CT molecular complexity index is 1080. The number of nitrogens with zero attached hydrogens (tertiary/aromatic N) is 2. The van der Waals surface area contributed by atoms with Gasteiger partial charge < -0.3 is 15.3 Å². The minimum atomic E-state index is -1.14. The van der Waals surface area contributed by atoms with E-state index in [9.17, 15) is 23.8 Å². The number of carboxylic acid groups (broad SMARTS) is 1. The van der Waals surface area contributed by atoms with E-state index in [1.807, 2.05) is 13.8 Å². The maximum Gasteiger partial charge on any atom is 0.305 e. The number of aliphatic carboxylic acids is 1. The van der Waals surface area contributed by atoms with E-state index in [0.29, 0.717) is 17.8 Å². The zero-order valence-electron chi connectivity index (χ0n) is 18.6. The van der Waals surface area contributed by atoms with Crippen LogP contribution in [-0.2, 0) is 11.2 Å². The van der Waals surface area contributed by atoms with Gasteiger partial charge in [0.1, 0.15) is 11.6 Å². The zero-order valence-corrected chi connectivity index (χ0v) is 18.6. The summed E-state index contributed by atoms with van der Waals surface area (Å²) >= 11 is 0. The standard InChI is InChI=1S/C25H28F2N2O4/c1-15(2)24-22(12-11-20(30)13-21(31)14-23(32)33)25(16-3-5-17(26)6-4-16)29(28-24)19-9-7-18(27)8-10-19/h3-10,15,20-21,30-31H,11-14H2,1-2H3,(H,32,33). The highest BCUT2D eigenvalue weighted by molar-refractivity contribution is 5.68. The predicted molar refractivity (Wildman–Crippen MR) is 120 cm³/mol. The molecule has 6 nitrogen and oxygen atoms in total.